The summed E-state index contributed by atoms with van der Waals surface area (Å²) in [5, 5.41) is 12.2. The summed E-state index contributed by atoms with van der Waals surface area (Å²) >= 11 is 0. The molecule has 0 spiro atoms. The van der Waals surface area contributed by atoms with Gasteiger partial charge in [0, 0.05) is 6.54 Å². The molecule has 1 aromatic rings. The van der Waals surface area contributed by atoms with E-state index in [1.165, 1.54) is 0 Å². The highest BCUT2D eigenvalue weighted by Gasteiger charge is 2.16. The van der Waals surface area contributed by atoms with E-state index in [0.717, 1.165) is 10.9 Å². The fourth-order valence-corrected chi connectivity index (χ4v) is 0.987. The average molecular weight is 186 g/mol. The van der Waals surface area contributed by atoms with E-state index >= 15 is 0 Å². The lowest BCUT2D eigenvalue weighted by molar-refractivity contribution is 0.0691. The van der Waals surface area contributed by atoms with Crippen molar-refractivity contribution in [2.24, 2.45) is 5.92 Å². The fourth-order valence-electron chi connectivity index (χ4n) is 0.987. The highest BCUT2D eigenvalue weighted by Crippen LogP contribution is 2.08. The van der Waals surface area contributed by atoms with Gasteiger partial charge in [-0.25, -0.2) is 9.48 Å². The Hall–Kier alpha value is -1.39. The van der Waals surface area contributed by atoms with Crippen molar-refractivity contribution in [3.8, 4) is 0 Å². The third-order valence-corrected chi connectivity index (χ3v) is 1.54. The van der Waals surface area contributed by atoms with Crippen molar-refractivity contribution in [1.29, 1.82) is 0 Å². The molecule has 1 rings (SSSR count). The van der Waals surface area contributed by atoms with E-state index in [9.17, 15) is 9.18 Å². The van der Waals surface area contributed by atoms with Crippen LogP contribution in [0.15, 0.2) is 6.20 Å². The zero-order valence-corrected chi connectivity index (χ0v) is 7.49. The Kier molecular flexibility index (Phi) is 2.65. The summed E-state index contributed by atoms with van der Waals surface area (Å²) in [5.41, 5.74) is -0.374. The predicted molar refractivity (Wildman–Crippen MR) is 44.0 cm³/mol. The van der Waals surface area contributed by atoms with Gasteiger partial charge in [0.05, 0.1) is 6.20 Å². The summed E-state index contributed by atoms with van der Waals surface area (Å²) < 4.78 is 14.2. The number of carboxylic acids is 1. The third kappa shape index (κ3) is 2.05. The van der Waals surface area contributed by atoms with Crippen LogP contribution in [0.3, 0.4) is 0 Å². The standard InChI is InChI=1S/C8H11FN2O2/c1-5(2)4-11-7(9)6(3-10-11)8(12)13/h3,5H,4H2,1-2H3,(H,12,13). The van der Waals surface area contributed by atoms with Crippen LogP contribution in [0.2, 0.25) is 0 Å². The SMILES string of the molecule is CC(C)Cn1ncc(C(=O)O)c1F. The maximum Gasteiger partial charge on any atom is 0.342 e. The van der Waals surface area contributed by atoms with Gasteiger partial charge in [-0.05, 0) is 5.92 Å². The second-order valence-electron chi connectivity index (χ2n) is 3.23. The van der Waals surface area contributed by atoms with Crippen LogP contribution in [0.1, 0.15) is 24.2 Å². The maximum atomic E-state index is 13.2. The van der Waals surface area contributed by atoms with Gasteiger partial charge >= 0.3 is 5.97 Å². The summed E-state index contributed by atoms with van der Waals surface area (Å²) in [7, 11) is 0. The van der Waals surface area contributed by atoms with Crippen molar-refractivity contribution in [1.82, 2.24) is 9.78 Å². The molecule has 0 aromatic carbocycles. The van der Waals surface area contributed by atoms with Crippen LogP contribution in [-0.4, -0.2) is 20.9 Å². The van der Waals surface area contributed by atoms with Gasteiger partial charge in [0.25, 0.3) is 0 Å². The van der Waals surface area contributed by atoms with E-state index in [4.69, 9.17) is 5.11 Å². The normalized spacial score (nSPS) is 10.8. The van der Waals surface area contributed by atoms with Gasteiger partial charge in [0.2, 0.25) is 5.95 Å². The molecule has 1 heterocycles. The number of hydrogen-bond donors (Lipinski definition) is 1. The second-order valence-corrected chi connectivity index (χ2v) is 3.23. The molecular formula is C8H11FN2O2. The van der Waals surface area contributed by atoms with Crippen molar-refractivity contribution in [3.63, 3.8) is 0 Å². The smallest absolute Gasteiger partial charge is 0.342 e. The fraction of sp³-hybridized carbons (Fsp3) is 0.500. The topological polar surface area (TPSA) is 55.1 Å². The Morgan fingerprint density at radius 3 is 2.77 bits per heavy atom. The highest BCUT2D eigenvalue weighted by atomic mass is 19.1. The molecule has 0 bridgehead atoms. The highest BCUT2D eigenvalue weighted by molar-refractivity contribution is 5.87. The minimum Gasteiger partial charge on any atom is -0.477 e. The molecule has 5 heteroatoms. The molecule has 1 aromatic heterocycles. The predicted octanol–water partition coefficient (Wildman–Crippen LogP) is 1.38. The zero-order valence-electron chi connectivity index (χ0n) is 7.49. The summed E-state index contributed by atoms with van der Waals surface area (Å²) in [5.74, 6) is -1.83. The molecule has 0 saturated carbocycles. The first-order chi connectivity index (χ1) is 6.02. The molecule has 0 saturated heterocycles. The first kappa shape index (κ1) is 9.70. The number of aromatic nitrogens is 2. The Morgan fingerprint density at radius 2 is 2.38 bits per heavy atom. The second kappa shape index (κ2) is 3.55. The van der Waals surface area contributed by atoms with Gasteiger partial charge in [-0.3, -0.25) is 0 Å². The number of hydrogen-bond acceptors (Lipinski definition) is 2. The van der Waals surface area contributed by atoms with Crippen molar-refractivity contribution in [2.45, 2.75) is 20.4 Å². The zero-order chi connectivity index (χ0) is 10.0. The number of halogens is 1. The first-order valence-corrected chi connectivity index (χ1v) is 3.97. The average Bonchev–Trinajstić information content (AvgIpc) is 2.32. The number of carboxylic acid groups (broad SMARTS) is 1. The van der Waals surface area contributed by atoms with Crippen molar-refractivity contribution < 1.29 is 14.3 Å². The monoisotopic (exact) mass is 186 g/mol. The van der Waals surface area contributed by atoms with Crippen LogP contribution in [0.5, 0.6) is 0 Å². The summed E-state index contributed by atoms with van der Waals surface area (Å²) in [4.78, 5) is 10.4. The van der Waals surface area contributed by atoms with Gasteiger partial charge in [0.1, 0.15) is 5.56 Å². The minimum absolute atomic E-state index is 0.232. The molecule has 1 N–H and O–H groups in total. The quantitative estimate of drug-likeness (QED) is 0.775. The molecule has 0 aliphatic carbocycles. The molecule has 13 heavy (non-hydrogen) atoms. The largest absolute Gasteiger partial charge is 0.477 e. The molecule has 0 aliphatic heterocycles. The molecule has 0 aliphatic rings. The lowest BCUT2D eigenvalue weighted by Crippen LogP contribution is -2.09. The Morgan fingerprint density at radius 1 is 1.77 bits per heavy atom. The van der Waals surface area contributed by atoms with Gasteiger partial charge < -0.3 is 5.11 Å². The molecular weight excluding hydrogens is 175 g/mol. The van der Waals surface area contributed by atoms with Gasteiger partial charge in [0.15, 0.2) is 0 Å². The Balaban J connectivity index is 2.93. The number of nitrogens with zero attached hydrogens (tertiary/aromatic N) is 2. The van der Waals surface area contributed by atoms with E-state index in [-0.39, 0.29) is 11.5 Å². The van der Waals surface area contributed by atoms with Crippen LogP contribution < -0.4 is 0 Å². The summed E-state index contributed by atoms with van der Waals surface area (Å²) in [6, 6.07) is 0. The number of rotatable bonds is 3. The van der Waals surface area contributed by atoms with Crippen molar-refractivity contribution in [2.75, 3.05) is 0 Å². The van der Waals surface area contributed by atoms with Gasteiger partial charge in [-0.15, -0.1) is 0 Å². The van der Waals surface area contributed by atoms with E-state index in [1.807, 2.05) is 13.8 Å². The van der Waals surface area contributed by atoms with Crippen LogP contribution >= 0.6 is 0 Å². The van der Waals surface area contributed by atoms with Gasteiger partial charge in [-0.2, -0.15) is 9.49 Å². The molecule has 0 radical (unpaired) electrons. The number of carbonyl (C=O) groups is 1. The van der Waals surface area contributed by atoms with Crippen molar-refractivity contribution in [3.05, 3.63) is 17.7 Å². The van der Waals surface area contributed by atoms with Crippen LogP contribution in [0, 0.1) is 11.9 Å². The first-order valence-electron chi connectivity index (χ1n) is 3.97. The molecule has 0 fully saturated rings. The molecule has 4 nitrogen and oxygen atoms in total. The lowest BCUT2D eigenvalue weighted by atomic mass is 10.2. The Labute approximate surface area is 75.0 Å². The molecule has 0 atom stereocenters. The number of aromatic carboxylic acids is 1. The van der Waals surface area contributed by atoms with E-state index in [2.05, 4.69) is 5.10 Å². The van der Waals surface area contributed by atoms with E-state index in [1.54, 1.807) is 0 Å². The Bertz CT molecular complexity index is 320. The summed E-state index contributed by atoms with van der Waals surface area (Å²) in [6.45, 7) is 4.20. The molecule has 0 unspecified atom stereocenters. The molecule has 72 valence electrons. The van der Waals surface area contributed by atoms with E-state index in [0.29, 0.717) is 6.54 Å². The lowest BCUT2D eigenvalue weighted by Gasteiger charge is -2.04. The summed E-state index contributed by atoms with van der Waals surface area (Å²) in [6.07, 6.45) is 1.03. The minimum atomic E-state index is -1.28. The van der Waals surface area contributed by atoms with Crippen LogP contribution in [0.4, 0.5) is 4.39 Å². The maximum absolute atomic E-state index is 13.2. The van der Waals surface area contributed by atoms with Gasteiger partial charge in [-0.1, -0.05) is 13.8 Å². The van der Waals surface area contributed by atoms with E-state index < -0.39 is 11.9 Å². The molecule has 0 amide bonds. The van der Waals surface area contributed by atoms with Crippen molar-refractivity contribution >= 4 is 5.97 Å². The van der Waals surface area contributed by atoms with Crippen LogP contribution in [0.25, 0.3) is 0 Å². The third-order valence-electron chi connectivity index (χ3n) is 1.54. The van der Waals surface area contributed by atoms with Crippen LogP contribution in [-0.2, 0) is 6.54 Å².